The van der Waals surface area contributed by atoms with Gasteiger partial charge in [0.2, 0.25) is 0 Å². The van der Waals surface area contributed by atoms with Gasteiger partial charge in [-0.15, -0.1) is 0 Å². The lowest BCUT2D eigenvalue weighted by Crippen LogP contribution is -1.86. The first-order valence-electron chi connectivity index (χ1n) is 3.90. The van der Waals surface area contributed by atoms with Crippen molar-refractivity contribution in [3.63, 3.8) is 0 Å². The molecule has 0 radical (unpaired) electrons. The molecule has 0 spiro atoms. The maximum atomic E-state index is 11.9. The largest absolute Gasteiger partial charge is 0.265 e. The second-order valence-electron chi connectivity index (χ2n) is 2.10. The molecule has 1 rings (SSSR count). The van der Waals surface area contributed by atoms with E-state index in [-0.39, 0.29) is 5.56 Å². The van der Waals surface area contributed by atoms with Crippen molar-refractivity contribution in [2.75, 3.05) is 0 Å². The second-order valence-corrected chi connectivity index (χ2v) is 2.10. The summed E-state index contributed by atoms with van der Waals surface area (Å²) in [6, 6.07) is 1.43. The van der Waals surface area contributed by atoms with Gasteiger partial charge in [0.25, 0.3) is 6.43 Å². The third-order valence-corrected chi connectivity index (χ3v) is 1.15. The first-order valence-corrected chi connectivity index (χ1v) is 3.90. The highest BCUT2D eigenvalue weighted by Crippen LogP contribution is 2.17. The smallest absolute Gasteiger partial charge is 0.264 e. The topological polar surface area (TPSA) is 12.9 Å². The average Bonchev–Trinajstić information content (AvgIpc) is 2.08. The molecule has 0 bridgehead atoms. The van der Waals surface area contributed by atoms with Gasteiger partial charge in [0, 0.05) is 18.0 Å². The van der Waals surface area contributed by atoms with Gasteiger partial charge >= 0.3 is 0 Å². The Morgan fingerprint density at radius 2 is 1.83 bits per heavy atom. The summed E-state index contributed by atoms with van der Waals surface area (Å²) in [6.45, 7) is 5.74. The third kappa shape index (κ3) is 3.42. The minimum atomic E-state index is -2.41. The molecule has 0 saturated carbocycles. The molecule has 0 aliphatic carbocycles. The van der Waals surface area contributed by atoms with Crippen LogP contribution >= 0.6 is 0 Å². The summed E-state index contributed by atoms with van der Waals surface area (Å²) < 4.78 is 23.8. The number of halogens is 2. The predicted octanol–water partition coefficient (Wildman–Crippen LogP) is 3.35. The molecule has 0 aromatic carbocycles. The Morgan fingerprint density at radius 3 is 2.17 bits per heavy atom. The maximum absolute atomic E-state index is 11.9. The van der Waals surface area contributed by atoms with E-state index in [1.807, 2.05) is 13.8 Å². The van der Waals surface area contributed by atoms with Crippen molar-refractivity contribution in [2.24, 2.45) is 0 Å². The number of alkyl halides is 2. The van der Waals surface area contributed by atoms with Crippen LogP contribution in [0.25, 0.3) is 0 Å². The van der Waals surface area contributed by atoms with Gasteiger partial charge in [-0.3, -0.25) is 4.98 Å². The molecule has 1 aromatic rings. The van der Waals surface area contributed by atoms with E-state index in [1.165, 1.54) is 12.3 Å². The van der Waals surface area contributed by atoms with Gasteiger partial charge in [0.15, 0.2) is 0 Å². The van der Waals surface area contributed by atoms with Crippen LogP contribution in [0.4, 0.5) is 8.78 Å². The zero-order valence-corrected chi connectivity index (χ0v) is 7.51. The highest BCUT2D eigenvalue weighted by atomic mass is 19.3. The van der Waals surface area contributed by atoms with Gasteiger partial charge in [0.1, 0.15) is 0 Å². The van der Waals surface area contributed by atoms with Gasteiger partial charge in [-0.05, 0) is 18.6 Å². The SMILES string of the molecule is CC.Cc1cncc(C(F)F)c1. The molecule has 0 N–H and O–H groups in total. The molecular weight excluding hydrogens is 160 g/mol. The van der Waals surface area contributed by atoms with Crippen molar-refractivity contribution >= 4 is 0 Å². The average molecular weight is 173 g/mol. The zero-order chi connectivity index (χ0) is 9.56. The number of aromatic nitrogens is 1. The summed E-state index contributed by atoms with van der Waals surface area (Å²) in [6.07, 6.45) is 0.316. The first-order chi connectivity index (χ1) is 5.70. The maximum Gasteiger partial charge on any atom is 0.265 e. The number of hydrogen-bond donors (Lipinski definition) is 0. The van der Waals surface area contributed by atoms with Crippen LogP contribution < -0.4 is 0 Å². The number of nitrogens with zero attached hydrogens (tertiary/aromatic N) is 1. The minimum Gasteiger partial charge on any atom is -0.264 e. The molecule has 1 nitrogen and oxygen atoms in total. The Bertz CT molecular complexity index is 224. The highest BCUT2D eigenvalue weighted by molar-refractivity contribution is 5.17. The molecule has 0 aliphatic rings. The summed E-state index contributed by atoms with van der Waals surface area (Å²) >= 11 is 0. The highest BCUT2D eigenvalue weighted by Gasteiger charge is 2.05. The molecule has 0 aliphatic heterocycles. The number of hydrogen-bond acceptors (Lipinski definition) is 1. The van der Waals surface area contributed by atoms with E-state index in [4.69, 9.17) is 0 Å². The van der Waals surface area contributed by atoms with Crippen LogP contribution in [0, 0.1) is 6.92 Å². The second kappa shape index (κ2) is 5.63. The summed E-state index contributed by atoms with van der Waals surface area (Å²) in [5, 5.41) is 0. The van der Waals surface area contributed by atoms with Gasteiger partial charge < -0.3 is 0 Å². The van der Waals surface area contributed by atoms with E-state index in [0.29, 0.717) is 0 Å². The first kappa shape index (κ1) is 11.0. The van der Waals surface area contributed by atoms with Gasteiger partial charge in [-0.1, -0.05) is 13.8 Å². The number of pyridine rings is 1. The summed E-state index contributed by atoms with van der Waals surface area (Å²) in [5.74, 6) is 0. The van der Waals surface area contributed by atoms with Crippen LogP contribution in [0.3, 0.4) is 0 Å². The van der Waals surface area contributed by atoms with Crippen molar-refractivity contribution in [1.29, 1.82) is 0 Å². The van der Waals surface area contributed by atoms with Gasteiger partial charge in [0.05, 0.1) is 0 Å². The van der Waals surface area contributed by atoms with Crippen LogP contribution in [0.15, 0.2) is 18.5 Å². The van der Waals surface area contributed by atoms with Crippen molar-refractivity contribution in [3.8, 4) is 0 Å². The fourth-order valence-electron chi connectivity index (χ4n) is 0.698. The molecule has 0 amide bonds. The van der Waals surface area contributed by atoms with Gasteiger partial charge in [-0.25, -0.2) is 8.78 Å². The van der Waals surface area contributed by atoms with Gasteiger partial charge in [-0.2, -0.15) is 0 Å². The zero-order valence-electron chi connectivity index (χ0n) is 7.51. The molecule has 12 heavy (non-hydrogen) atoms. The van der Waals surface area contributed by atoms with E-state index >= 15 is 0 Å². The number of aryl methyl sites for hydroxylation is 1. The lowest BCUT2D eigenvalue weighted by Gasteiger charge is -1.97. The lowest BCUT2D eigenvalue weighted by molar-refractivity contribution is 0.151. The van der Waals surface area contributed by atoms with Crippen molar-refractivity contribution in [3.05, 3.63) is 29.6 Å². The monoisotopic (exact) mass is 173 g/mol. The molecule has 0 atom stereocenters. The van der Waals surface area contributed by atoms with E-state index < -0.39 is 6.43 Å². The molecule has 68 valence electrons. The standard InChI is InChI=1S/C7H7F2N.C2H6/c1-5-2-6(7(8)9)4-10-3-5;1-2/h2-4,7H,1H3;1-2H3. The third-order valence-electron chi connectivity index (χ3n) is 1.15. The predicted molar refractivity (Wildman–Crippen MR) is 45.3 cm³/mol. The summed E-state index contributed by atoms with van der Waals surface area (Å²) in [7, 11) is 0. The molecule has 1 heterocycles. The quantitative estimate of drug-likeness (QED) is 0.634. The molecule has 1 aromatic heterocycles. The fraction of sp³-hybridized carbons (Fsp3) is 0.444. The normalized spacial score (nSPS) is 9.17. The van der Waals surface area contributed by atoms with Crippen molar-refractivity contribution in [2.45, 2.75) is 27.2 Å². The lowest BCUT2D eigenvalue weighted by atomic mass is 10.2. The Balaban J connectivity index is 0.000000561. The van der Waals surface area contributed by atoms with Crippen molar-refractivity contribution < 1.29 is 8.78 Å². The van der Waals surface area contributed by atoms with Crippen molar-refractivity contribution in [1.82, 2.24) is 4.98 Å². The van der Waals surface area contributed by atoms with E-state index in [2.05, 4.69) is 4.98 Å². The van der Waals surface area contributed by atoms with E-state index in [9.17, 15) is 8.78 Å². The summed E-state index contributed by atoms with van der Waals surface area (Å²) in [5.41, 5.74) is 0.748. The molecular formula is C9H13F2N. The van der Waals surface area contributed by atoms with Crippen LogP contribution in [-0.2, 0) is 0 Å². The van der Waals surface area contributed by atoms with Crippen LogP contribution in [-0.4, -0.2) is 4.98 Å². The Labute approximate surface area is 71.4 Å². The Hall–Kier alpha value is -0.990. The van der Waals surface area contributed by atoms with Crippen LogP contribution in [0.5, 0.6) is 0 Å². The Kier molecular flexibility index (Phi) is 5.17. The summed E-state index contributed by atoms with van der Waals surface area (Å²) in [4.78, 5) is 3.63. The van der Waals surface area contributed by atoms with E-state index in [0.717, 1.165) is 5.56 Å². The fourth-order valence-corrected chi connectivity index (χ4v) is 0.698. The van der Waals surface area contributed by atoms with E-state index in [1.54, 1.807) is 13.1 Å². The molecule has 0 fully saturated rings. The Morgan fingerprint density at radius 1 is 1.25 bits per heavy atom. The van der Waals surface area contributed by atoms with Crippen LogP contribution in [0.1, 0.15) is 31.4 Å². The van der Waals surface area contributed by atoms with Crippen LogP contribution in [0.2, 0.25) is 0 Å². The number of rotatable bonds is 1. The molecule has 0 saturated heterocycles. The molecule has 0 unspecified atom stereocenters. The molecule has 3 heteroatoms. The minimum absolute atomic E-state index is 0.0139.